The Morgan fingerprint density at radius 2 is 2.06 bits per heavy atom. The third-order valence-corrected chi connectivity index (χ3v) is 3.94. The van der Waals surface area contributed by atoms with Gasteiger partial charge in [-0.3, -0.25) is 14.5 Å². The Kier molecular flexibility index (Phi) is 3.16. The first-order valence-corrected chi connectivity index (χ1v) is 6.10. The zero-order chi connectivity index (χ0) is 12.5. The predicted molar refractivity (Wildman–Crippen MR) is 60.4 cm³/mol. The Balaban J connectivity index is 1.92. The summed E-state index contributed by atoms with van der Waals surface area (Å²) in [6, 6.07) is 2.18. The highest BCUT2D eigenvalue weighted by Gasteiger charge is 2.40. The third kappa shape index (κ3) is 2.18. The van der Waals surface area contributed by atoms with Gasteiger partial charge in [-0.15, -0.1) is 0 Å². The molecular weight excluding hydrogens is 218 g/mol. The number of rotatable bonds is 3. The van der Waals surface area contributed by atoms with Gasteiger partial charge in [-0.2, -0.15) is 5.26 Å². The Morgan fingerprint density at radius 3 is 2.65 bits per heavy atom. The Morgan fingerprint density at radius 1 is 1.41 bits per heavy atom. The van der Waals surface area contributed by atoms with Gasteiger partial charge in [-0.05, 0) is 25.2 Å². The van der Waals surface area contributed by atoms with Gasteiger partial charge in [0.15, 0.2) is 0 Å². The number of amides is 2. The monoisotopic (exact) mass is 235 g/mol. The van der Waals surface area contributed by atoms with Crippen molar-refractivity contribution in [2.24, 2.45) is 11.7 Å². The Labute approximate surface area is 101 Å². The van der Waals surface area contributed by atoms with Crippen LogP contribution in [0, 0.1) is 17.2 Å². The maximum absolute atomic E-state index is 11.4. The first-order valence-electron chi connectivity index (χ1n) is 6.10. The van der Waals surface area contributed by atoms with Crippen LogP contribution in [0.5, 0.6) is 0 Å². The molecule has 0 radical (unpaired) electrons. The van der Waals surface area contributed by atoms with Crippen molar-refractivity contribution >= 4 is 11.8 Å². The van der Waals surface area contributed by atoms with Crippen LogP contribution < -0.4 is 5.73 Å². The van der Waals surface area contributed by atoms with Crippen molar-refractivity contribution in [2.75, 3.05) is 6.54 Å². The summed E-state index contributed by atoms with van der Waals surface area (Å²) in [6.45, 7) is 0.420. The molecule has 0 aromatic rings. The zero-order valence-corrected chi connectivity index (χ0v) is 9.82. The molecule has 1 saturated heterocycles. The van der Waals surface area contributed by atoms with Crippen molar-refractivity contribution in [2.45, 2.75) is 44.1 Å². The van der Waals surface area contributed by atoms with Crippen LogP contribution in [-0.4, -0.2) is 28.8 Å². The van der Waals surface area contributed by atoms with E-state index in [4.69, 9.17) is 11.0 Å². The molecular formula is C12H17N3O2. The third-order valence-electron chi connectivity index (χ3n) is 3.94. The lowest BCUT2D eigenvalue weighted by Gasteiger charge is -2.25. The lowest BCUT2D eigenvalue weighted by Crippen LogP contribution is -2.43. The standard InChI is InChI=1S/C12H17N3O2/c13-8-12(14)6-1-2-9(12)5-7-15-10(16)3-4-11(15)17/h9H,1-7,14H2. The van der Waals surface area contributed by atoms with E-state index in [1.807, 2.05) is 0 Å². The molecule has 0 aromatic carbocycles. The fourth-order valence-electron chi connectivity index (χ4n) is 2.81. The minimum Gasteiger partial charge on any atom is -0.313 e. The van der Waals surface area contributed by atoms with Gasteiger partial charge in [-0.25, -0.2) is 0 Å². The van der Waals surface area contributed by atoms with Gasteiger partial charge in [0.2, 0.25) is 11.8 Å². The predicted octanol–water partition coefficient (Wildman–Crippen LogP) is 0.547. The highest BCUT2D eigenvalue weighted by atomic mass is 16.2. The molecule has 2 atom stereocenters. The number of likely N-dealkylation sites (tertiary alicyclic amines) is 1. The van der Waals surface area contributed by atoms with Crippen molar-refractivity contribution in [3.8, 4) is 6.07 Å². The number of nitriles is 1. The summed E-state index contributed by atoms with van der Waals surface area (Å²) >= 11 is 0. The molecule has 0 bridgehead atoms. The van der Waals surface area contributed by atoms with Gasteiger partial charge in [0.05, 0.1) is 6.07 Å². The van der Waals surface area contributed by atoms with Gasteiger partial charge in [-0.1, -0.05) is 6.42 Å². The van der Waals surface area contributed by atoms with Crippen LogP contribution in [0.2, 0.25) is 0 Å². The number of nitrogens with two attached hydrogens (primary N) is 1. The fraction of sp³-hybridized carbons (Fsp3) is 0.750. The van der Waals surface area contributed by atoms with Crippen LogP contribution in [0.3, 0.4) is 0 Å². The zero-order valence-electron chi connectivity index (χ0n) is 9.82. The molecule has 2 N–H and O–H groups in total. The van der Waals surface area contributed by atoms with E-state index in [1.54, 1.807) is 0 Å². The van der Waals surface area contributed by atoms with Gasteiger partial charge in [0, 0.05) is 19.4 Å². The van der Waals surface area contributed by atoms with E-state index < -0.39 is 5.54 Å². The topological polar surface area (TPSA) is 87.2 Å². The van der Waals surface area contributed by atoms with Gasteiger partial charge < -0.3 is 5.73 Å². The second-order valence-electron chi connectivity index (χ2n) is 4.97. The molecule has 0 spiro atoms. The number of nitrogens with zero attached hydrogens (tertiary/aromatic N) is 2. The number of hydrogen-bond acceptors (Lipinski definition) is 4. The summed E-state index contributed by atoms with van der Waals surface area (Å²) in [6.07, 6.45) is 3.90. The van der Waals surface area contributed by atoms with Crippen LogP contribution >= 0.6 is 0 Å². The molecule has 1 saturated carbocycles. The second kappa shape index (κ2) is 4.46. The van der Waals surface area contributed by atoms with Gasteiger partial charge >= 0.3 is 0 Å². The highest BCUT2D eigenvalue weighted by Crippen LogP contribution is 2.35. The lowest BCUT2D eigenvalue weighted by atomic mass is 9.87. The molecule has 2 rings (SSSR count). The van der Waals surface area contributed by atoms with Crippen LogP contribution in [0.15, 0.2) is 0 Å². The first-order chi connectivity index (χ1) is 8.07. The first kappa shape index (κ1) is 12.1. The lowest BCUT2D eigenvalue weighted by molar-refractivity contribution is -0.138. The molecule has 1 aliphatic heterocycles. The highest BCUT2D eigenvalue weighted by molar-refractivity contribution is 6.01. The maximum Gasteiger partial charge on any atom is 0.229 e. The smallest absolute Gasteiger partial charge is 0.229 e. The average molecular weight is 235 g/mol. The molecule has 0 aromatic heterocycles. The van der Waals surface area contributed by atoms with Crippen LogP contribution in [0.4, 0.5) is 0 Å². The van der Waals surface area contributed by atoms with E-state index in [9.17, 15) is 9.59 Å². The minimum absolute atomic E-state index is 0.0902. The molecule has 92 valence electrons. The van der Waals surface area contributed by atoms with Crippen molar-refractivity contribution in [3.63, 3.8) is 0 Å². The molecule has 5 nitrogen and oxygen atoms in total. The summed E-state index contributed by atoms with van der Waals surface area (Å²) in [5, 5.41) is 9.07. The van der Waals surface area contributed by atoms with Crippen LogP contribution in [0.25, 0.3) is 0 Å². The molecule has 2 unspecified atom stereocenters. The summed E-state index contributed by atoms with van der Waals surface area (Å²) in [7, 11) is 0. The number of hydrogen-bond donors (Lipinski definition) is 1. The number of imide groups is 1. The number of carbonyl (C=O) groups excluding carboxylic acids is 2. The summed E-state index contributed by atoms with van der Waals surface area (Å²) < 4.78 is 0. The van der Waals surface area contributed by atoms with E-state index >= 15 is 0 Å². The summed E-state index contributed by atoms with van der Waals surface area (Å²) in [5.41, 5.74) is 5.25. The second-order valence-corrected chi connectivity index (χ2v) is 4.97. The maximum atomic E-state index is 11.4. The minimum atomic E-state index is -0.758. The van der Waals surface area contributed by atoms with Gasteiger partial charge in [0.25, 0.3) is 0 Å². The van der Waals surface area contributed by atoms with Crippen molar-refractivity contribution in [1.82, 2.24) is 4.90 Å². The summed E-state index contributed by atoms with van der Waals surface area (Å²) in [4.78, 5) is 24.2. The van der Waals surface area contributed by atoms with Crippen molar-refractivity contribution in [3.05, 3.63) is 0 Å². The molecule has 2 fully saturated rings. The normalized spacial score (nSPS) is 33.2. The van der Waals surface area contributed by atoms with Crippen molar-refractivity contribution in [1.29, 1.82) is 5.26 Å². The van der Waals surface area contributed by atoms with E-state index in [2.05, 4.69) is 6.07 Å². The molecule has 17 heavy (non-hydrogen) atoms. The Hall–Kier alpha value is -1.41. The SMILES string of the molecule is N#CC1(N)CCCC1CCN1C(=O)CCC1=O. The van der Waals surface area contributed by atoms with E-state index in [-0.39, 0.29) is 17.7 Å². The quantitative estimate of drug-likeness (QED) is 0.723. The molecule has 1 heterocycles. The molecule has 2 amide bonds. The van der Waals surface area contributed by atoms with E-state index in [0.717, 1.165) is 19.3 Å². The van der Waals surface area contributed by atoms with E-state index in [1.165, 1.54) is 4.90 Å². The molecule has 1 aliphatic carbocycles. The van der Waals surface area contributed by atoms with Crippen molar-refractivity contribution < 1.29 is 9.59 Å². The van der Waals surface area contributed by atoms with E-state index in [0.29, 0.717) is 25.8 Å². The van der Waals surface area contributed by atoms with Crippen LogP contribution in [0.1, 0.15) is 38.5 Å². The van der Waals surface area contributed by atoms with Crippen LogP contribution in [-0.2, 0) is 9.59 Å². The Bertz CT molecular complexity index is 372. The summed E-state index contributed by atoms with van der Waals surface area (Å²) in [5.74, 6) is -0.0751. The number of carbonyl (C=O) groups is 2. The fourth-order valence-corrected chi connectivity index (χ4v) is 2.81. The molecule has 5 heteroatoms. The molecule has 2 aliphatic rings. The van der Waals surface area contributed by atoms with Gasteiger partial charge in [0.1, 0.15) is 5.54 Å². The largest absolute Gasteiger partial charge is 0.313 e. The average Bonchev–Trinajstić information content (AvgIpc) is 2.83.